The highest BCUT2D eigenvalue weighted by molar-refractivity contribution is 5.97. The minimum atomic E-state index is -1.15. The van der Waals surface area contributed by atoms with Crippen molar-refractivity contribution in [2.45, 2.75) is 25.3 Å². The van der Waals surface area contributed by atoms with Crippen LogP contribution >= 0.6 is 0 Å². The normalized spacial score (nSPS) is 17.8. The molecule has 2 amide bonds. The number of benzene rings is 1. The molecule has 1 atom stereocenters. The lowest BCUT2D eigenvalue weighted by Crippen LogP contribution is -2.49. The highest BCUT2D eigenvalue weighted by Crippen LogP contribution is 2.26. The Hall–Kier alpha value is -2.84. The standard InChI is InChI=1S/C13H16N4O5/c14-9-5-4-8(7-11(9)17(21)22)15-12(18)10-3-1-2-6-16(10)13(19)20/h4-5,7,10H,1-3,6,14H2,(H,15,18)(H,19,20). The number of hydrogen-bond acceptors (Lipinski definition) is 5. The monoisotopic (exact) mass is 308 g/mol. The lowest BCUT2D eigenvalue weighted by molar-refractivity contribution is -0.383. The van der Waals surface area contributed by atoms with Crippen LogP contribution in [-0.4, -0.2) is 39.5 Å². The Bertz CT molecular complexity index is 618. The van der Waals surface area contributed by atoms with E-state index < -0.39 is 23.0 Å². The van der Waals surface area contributed by atoms with Crippen LogP contribution in [0.3, 0.4) is 0 Å². The Morgan fingerprint density at radius 2 is 2.14 bits per heavy atom. The van der Waals surface area contributed by atoms with Gasteiger partial charge in [-0.05, 0) is 31.4 Å². The molecule has 9 heteroatoms. The molecule has 1 aromatic rings. The van der Waals surface area contributed by atoms with Crippen LogP contribution in [0.5, 0.6) is 0 Å². The zero-order valence-corrected chi connectivity index (χ0v) is 11.7. The van der Waals surface area contributed by atoms with Crippen LogP contribution in [0.2, 0.25) is 0 Å². The molecule has 2 rings (SSSR count). The van der Waals surface area contributed by atoms with Crippen LogP contribution in [0, 0.1) is 10.1 Å². The van der Waals surface area contributed by atoms with Gasteiger partial charge in [-0.1, -0.05) is 0 Å². The van der Waals surface area contributed by atoms with Gasteiger partial charge in [-0.15, -0.1) is 0 Å². The summed E-state index contributed by atoms with van der Waals surface area (Å²) in [5.74, 6) is -0.499. The minimum absolute atomic E-state index is 0.00664. The number of nitrogen functional groups attached to an aromatic ring is 1. The van der Waals surface area contributed by atoms with Gasteiger partial charge in [-0.2, -0.15) is 0 Å². The van der Waals surface area contributed by atoms with E-state index in [1.165, 1.54) is 12.1 Å². The van der Waals surface area contributed by atoms with Crippen molar-refractivity contribution in [1.29, 1.82) is 0 Å². The highest BCUT2D eigenvalue weighted by Gasteiger charge is 2.32. The molecular weight excluding hydrogens is 292 g/mol. The van der Waals surface area contributed by atoms with Gasteiger partial charge >= 0.3 is 6.09 Å². The number of piperidine rings is 1. The van der Waals surface area contributed by atoms with Crippen LogP contribution in [0.4, 0.5) is 21.9 Å². The number of carbonyl (C=O) groups excluding carboxylic acids is 1. The number of nitro benzene ring substituents is 1. The van der Waals surface area contributed by atoms with E-state index in [1.807, 2.05) is 0 Å². The number of hydrogen-bond donors (Lipinski definition) is 3. The maximum Gasteiger partial charge on any atom is 0.407 e. The molecule has 1 heterocycles. The second-order valence-corrected chi connectivity index (χ2v) is 5.01. The van der Waals surface area contributed by atoms with E-state index in [0.29, 0.717) is 19.4 Å². The second-order valence-electron chi connectivity index (χ2n) is 5.01. The van der Waals surface area contributed by atoms with E-state index in [9.17, 15) is 19.7 Å². The van der Waals surface area contributed by atoms with Gasteiger partial charge in [-0.3, -0.25) is 19.8 Å². The van der Waals surface area contributed by atoms with E-state index in [1.54, 1.807) is 0 Å². The molecule has 0 aromatic heterocycles. The van der Waals surface area contributed by atoms with Gasteiger partial charge in [-0.25, -0.2) is 4.79 Å². The SMILES string of the molecule is Nc1ccc(NC(=O)C2CCCCN2C(=O)O)cc1[N+](=O)[O-]. The number of nitrogens with two attached hydrogens (primary N) is 1. The van der Waals surface area contributed by atoms with Crippen LogP contribution in [0.15, 0.2) is 18.2 Å². The molecule has 0 radical (unpaired) electrons. The van der Waals surface area contributed by atoms with Crippen LogP contribution in [0.25, 0.3) is 0 Å². The number of anilines is 2. The molecule has 0 bridgehead atoms. The molecule has 9 nitrogen and oxygen atoms in total. The molecule has 1 aliphatic rings. The first kappa shape index (κ1) is 15.5. The molecule has 1 unspecified atom stereocenters. The van der Waals surface area contributed by atoms with Crippen molar-refractivity contribution in [1.82, 2.24) is 4.90 Å². The fourth-order valence-corrected chi connectivity index (χ4v) is 2.44. The molecule has 1 saturated heterocycles. The van der Waals surface area contributed by atoms with E-state index in [4.69, 9.17) is 10.8 Å². The van der Waals surface area contributed by atoms with Crippen molar-refractivity contribution in [3.63, 3.8) is 0 Å². The number of likely N-dealkylation sites (tertiary alicyclic amines) is 1. The summed E-state index contributed by atoms with van der Waals surface area (Å²) in [5, 5.41) is 22.5. The lowest BCUT2D eigenvalue weighted by atomic mass is 10.0. The number of rotatable bonds is 3. The summed E-state index contributed by atoms with van der Waals surface area (Å²) in [4.78, 5) is 34.7. The van der Waals surface area contributed by atoms with Crippen molar-refractivity contribution in [2.75, 3.05) is 17.6 Å². The van der Waals surface area contributed by atoms with Gasteiger partial charge in [0.15, 0.2) is 0 Å². The van der Waals surface area contributed by atoms with Crippen LogP contribution in [-0.2, 0) is 4.79 Å². The molecule has 0 spiro atoms. The number of carbonyl (C=O) groups is 2. The number of nitrogens with zero attached hydrogens (tertiary/aromatic N) is 2. The Kier molecular flexibility index (Phi) is 4.44. The van der Waals surface area contributed by atoms with E-state index in [2.05, 4.69) is 5.32 Å². The molecule has 0 saturated carbocycles. The third-order valence-corrected chi connectivity index (χ3v) is 3.55. The quantitative estimate of drug-likeness (QED) is 0.440. The van der Waals surface area contributed by atoms with Crippen molar-refractivity contribution in [3.8, 4) is 0 Å². The van der Waals surface area contributed by atoms with Gasteiger partial charge in [0.05, 0.1) is 4.92 Å². The van der Waals surface area contributed by atoms with Crippen LogP contribution in [0.1, 0.15) is 19.3 Å². The summed E-state index contributed by atoms with van der Waals surface area (Å²) in [6.07, 6.45) is 0.741. The molecule has 1 aliphatic heterocycles. The van der Waals surface area contributed by atoms with Gasteiger partial charge in [0.1, 0.15) is 11.7 Å². The molecule has 0 aliphatic carbocycles. The fraction of sp³-hybridized carbons (Fsp3) is 0.385. The van der Waals surface area contributed by atoms with Gasteiger partial charge in [0, 0.05) is 18.3 Å². The Morgan fingerprint density at radius 1 is 1.41 bits per heavy atom. The molecular formula is C13H16N4O5. The third-order valence-electron chi connectivity index (χ3n) is 3.55. The number of nitro groups is 1. The average Bonchev–Trinajstić information content (AvgIpc) is 2.48. The number of carboxylic acid groups (broad SMARTS) is 1. The van der Waals surface area contributed by atoms with Crippen molar-refractivity contribution in [2.24, 2.45) is 0 Å². The maximum atomic E-state index is 12.2. The van der Waals surface area contributed by atoms with E-state index in [0.717, 1.165) is 17.4 Å². The van der Waals surface area contributed by atoms with Gasteiger partial charge in [0.25, 0.3) is 5.69 Å². The van der Waals surface area contributed by atoms with Gasteiger partial charge in [0.2, 0.25) is 5.91 Å². The van der Waals surface area contributed by atoms with E-state index in [-0.39, 0.29) is 17.1 Å². The number of amides is 2. The van der Waals surface area contributed by atoms with Crippen molar-refractivity contribution < 1.29 is 19.6 Å². The summed E-state index contributed by atoms with van der Waals surface area (Å²) < 4.78 is 0. The summed E-state index contributed by atoms with van der Waals surface area (Å²) in [7, 11) is 0. The Labute approximate surface area is 125 Å². The minimum Gasteiger partial charge on any atom is -0.465 e. The molecule has 118 valence electrons. The average molecular weight is 308 g/mol. The fourth-order valence-electron chi connectivity index (χ4n) is 2.44. The first-order valence-corrected chi connectivity index (χ1v) is 6.74. The summed E-state index contributed by atoms with van der Waals surface area (Å²) in [6, 6.07) is 3.13. The zero-order valence-electron chi connectivity index (χ0n) is 11.7. The lowest BCUT2D eigenvalue weighted by Gasteiger charge is -2.32. The molecule has 1 fully saturated rings. The van der Waals surface area contributed by atoms with Gasteiger partial charge < -0.3 is 16.2 Å². The second kappa shape index (κ2) is 6.29. The highest BCUT2D eigenvalue weighted by atomic mass is 16.6. The molecule has 1 aromatic carbocycles. The predicted molar refractivity (Wildman–Crippen MR) is 78.5 cm³/mol. The predicted octanol–water partition coefficient (Wildman–Crippen LogP) is 1.65. The third kappa shape index (κ3) is 3.25. The smallest absolute Gasteiger partial charge is 0.407 e. The van der Waals surface area contributed by atoms with Crippen LogP contribution < -0.4 is 11.1 Å². The topological polar surface area (TPSA) is 139 Å². The summed E-state index contributed by atoms with van der Waals surface area (Å²) >= 11 is 0. The summed E-state index contributed by atoms with van der Waals surface area (Å²) in [5.41, 5.74) is 5.38. The summed E-state index contributed by atoms with van der Waals surface area (Å²) in [6.45, 7) is 0.301. The first-order valence-electron chi connectivity index (χ1n) is 6.74. The van der Waals surface area contributed by atoms with Crippen molar-refractivity contribution in [3.05, 3.63) is 28.3 Å². The van der Waals surface area contributed by atoms with E-state index >= 15 is 0 Å². The zero-order chi connectivity index (χ0) is 16.3. The largest absolute Gasteiger partial charge is 0.465 e. The molecule has 4 N–H and O–H groups in total. The Morgan fingerprint density at radius 3 is 2.77 bits per heavy atom. The maximum absolute atomic E-state index is 12.2. The first-order chi connectivity index (χ1) is 10.4. The Balaban J connectivity index is 2.16. The molecule has 22 heavy (non-hydrogen) atoms. The number of nitrogens with one attached hydrogen (secondary N) is 1. The van der Waals surface area contributed by atoms with Crippen molar-refractivity contribution >= 4 is 29.1 Å².